The second-order valence-electron chi connectivity index (χ2n) is 8.95. The quantitative estimate of drug-likeness (QED) is 0.599. The standard InChI is InChI=1S/C26H33ClN4O3/c1-30(21-5-3-2-4-6-21)26(33)23-12-9-20(17-24(23)27)28-18-25(32)29-19-7-10-22(11-8-19)31-13-15-34-16-14-31/h7-12,17,21,28H,2-6,13-16,18H2,1H3,(H,29,32). The smallest absolute Gasteiger partial charge is 0.255 e. The van der Waals surface area contributed by atoms with Crippen molar-refractivity contribution in [2.24, 2.45) is 0 Å². The Labute approximate surface area is 206 Å². The summed E-state index contributed by atoms with van der Waals surface area (Å²) in [5, 5.41) is 6.37. The minimum absolute atomic E-state index is 0.0540. The number of nitrogens with one attached hydrogen (secondary N) is 2. The fourth-order valence-corrected chi connectivity index (χ4v) is 4.85. The third-order valence-corrected chi connectivity index (χ3v) is 6.94. The first-order valence-corrected chi connectivity index (χ1v) is 12.4. The normalized spacial score (nSPS) is 16.7. The Bertz CT molecular complexity index is 986. The molecule has 0 unspecified atom stereocenters. The lowest BCUT2D eigenvalue weighted by Gasteiger charge is -2.31. The van der Waals surface area contributed by atoms with Gasteiger partial charge >= 0.3 is 0 Å². The molecule has 34 heavy (non-hydrogen) atoms. The number of nitrogens with zero attached hydrogens (tertiary/aromatic N) is 2. The van der Waals surface area contributed by atoms with Crippen LogP contribution in [0, 0.1) is 0 Å². The number of hydrogen-bond donors (Lipinski definition) is 2. The van der Waals surface area contributed by atoms with Gasteiger partial charge in [0, 0.05) is 43.2 Å². The molecule has 0 aromatic heterocycles. The summed E-state index contributed by atoms with van der Waals surface area (Å²) in [5.74, 6) is -0.214. The van der Waals surface area contributed by atoms with Crippen LogP contribution in [0.15, 0.2) is 42.5 Å². The lowest BCUT2D eigenvalue weighted by Crippen LogP contribution is -2.38. The van der Waals surface area contributed by atoms with E-state index in [1.807, 2.05) is 36.2 Å². The summed E-state index contributed by atoms with van der Waals surface area (Å²) in [6.07, 6.45) is 5.67. The van der Waals surface area contributed by atoms with E-state index >= 15 is 0 Å². The highest BCUT2D eigenvalue weighted by atomic mass is 35.5. The molecule has 2 aliphatic rings. The van der Waals surface area contributed by atoms with Crippen LogP contribution in [0.4, 0.5) is 17.1 Å². The average Bonchev–Trinajstić information content (AvgIpc) is 2.88. The van der Waals surface area contributed by atoms with Crippen LogP contribution in [-0.4, -0.2) is 62.7 Å². The van der Waals surface area contributed by atoms with E-state index in [1.54, 1.807) is 18.2 Å². The van der Waals surface area contributed by atoms with Crippen LogP contribution < -0.4 is 15.5 Å². The highest BCUT2D eigenvalue weighted by Crippen LogP contribution is 2.26. The van der Waals surface area contributed by atoms with Crippen LogP contribution in [0.5, 0.6) is 0 Å². The zero-order valence-corrected chi connectivity index (χ0v) is 20.4. The largest absolute Gasteiger partial charge is 0.378 e. The van der Waals surface area contributed by atoms with Crippen LogP contribution in [-0.2, 0) is 9.53 Å². The molecule has 0 atom stereocenters. The monoisotopic (exact) mass is 484 g/mol. The predicted molar refractivity (Wildman–Crippen MR) is 137 cm³/mol. The Morgan fingerprint density at radius 3 is 2.38 bits per heavy atom. The van der Waals surface area contributed by atoms with Crippen molar-refractivity contribution in [2.75, 3.05) is 55.4 Å². The van der Waals surface area contributed by atoms with Gasteiger partial charge in [0.1, 0.15) is 0 Å². The molecule has 1 saturated carbocycles. The topological polar surface area (TPSA) is 73.9 Å². The molecule has 0 spiro atoms. The van der Waals surface area contributed by atoms with Gasteiger partial charge in [-0.3, -0.25) is 9.59 Å². The number of morpholine rings is 1. The van der Waals surface area contributed by atoms with E-state index in [0.29, 0.717) is 16.3 Å². The summed E-state index contributed by atoms with van der Waals surface area (Å²) in [6, 6.07) is 13.3. The zero-order chi connectivity index (χ0) is 23.9. The Morgan fingerprint density at radius 1 is 1.03 bits per heavy atom. The lowest BCUT2D eigenvalue weighted by molar-refractivity contribution is -0.114. The fraction of sp³-hybridized carbons (Fsp3) is 0.462. The highest BCUT2D eigenvalue weighted by molar-refractivity contribution is 6.34. The number of hydrogen-bond acceptors (Lipinski definition) is 5. The van der Waals surface area contributed by atoms with E-state index in [2.05, 4.69) is 15.5 Å². The highest BCUT2D eigenvalue weighted by Gasteiger charge is 2.24. The maximum absolute atomic E-state index is 12.9. The molecule has 8 heteroatoms. The van der Waals surface area contributed by atoms with Crippen LogP contribution >= 0.6 is 11.6 Å². The second kappa shape index (κ2) is 11.6. The van der Waals surface area contributed by atoms with Crippen molar-refractivity contribution in [3.8, 4) is 0 Å². The Balaban J connectivity index is 1.28. The van der Waals surface area contributed by atoms with E-state index in [-0.39, 0.29) is 24.4 Å². The van der Waals surface area contributed by atoms with Crippen LogP contribution in [0.3, 0.4) is 0 Å². The van der Waals surface area contributed by atoms with Gasteiger partial charge in [-0.1, -0.05) is 30.9 Å². The molecule has 182 valence electrons. The van der Waals surface area contributed by atoms with Crippen molar-refractivity contribution in [1.82, 2.24) is 4.90 Å². The van der Waals surface area contributed by atoms with Crippen molar-refractivity contribution in [2.45, 2.75) is 38.1 Å². The van der Waals surface area contributed by atoms with E-state index in [1.165, 1.54) is 19.3 Å². The molecule has 2 N–H and O–H groups in total. The summed E-state index contributed by atoms with van der Waals surface area (Å²) in [6.45, 7) is 3.32. The summed E-state index contributed by atoms with van der Waals surface area (Å²) >= 11 is 6.43. The molecule has 0 bridgehead atoms. The van der Waals surface area contributed by atoms with Gasteiger partial charge in [0.25, 0.3) is 5.91 Å². The number of anilines is 3. The first-order valence-electron chi connectivity index (χ1n) is 12.0. The second-order valence-corrected chi connectivity index (χ2v) is 9.36. The molecule has 1 heterocycles. The molecule has 2 fully saturated rings. The molecule has 7 nitrogen and oxygen atoms in total. The maximum Gasteiger partial charge on any atom is 0.255 e. The average molecular weight is 485 g/mol. The van der Waals surface area contributed by atoms with E-state index in [4.69, 9.17) is 16.3 Å². The third-order valence-electron chi connectivity index (χ3n) is 6.62. The van der Waals surface area contributed by atoms with Crippen LogP contribution in [0.2, 0.25) is 5.02 Å². The molecule has 1 saturated heterocycles. The van der Waals surface area contributed by atoms with E-state index < -0.39 is 0 Å². The van der Waals surface area contributed by atoms with E-state index in [9.17, 15) is 9.59 Å². The Hall–Kier alpha value is -2.77. The molecule has 2 aromatic rings. The zero-order valence-electron chi connectivity index (χ0n) is 19.7. The first kappa shape index (κ1) is 24.4. The van der Waals surface area contributed by atoms with Crippen molar-refractivity contribution >= 4 is 40.5 Å². The van der Waals surface area contributed by atoms with Gasteiger partial charge < -0.3 is 25.2 Å². The number of benzene rings is 2. The number of carbonyl (C=O) groups excluding carboxylic acids is 2. The summed E-state index contributed by atoms with van der Waals surface area (Å²) in [4.78, 5) is 29.4. The summed E-state index contributed by atoms with van der Waals surface area (Å²) in [5.41, 5.74) is 3.05. The first-order chi connectivity index (χ1) is 16.5. The molecule has 2 aromatic carbocycles. The van der Waals surface area contributed by atoms with Crippen LogP contribution in [0.1, 0.15) is 42.5 Å². The van der Waals surface area contributed by atoms with Crippen molar-refractivity contribution in [3.63, 3.8) is 0 Å². The lowest BCUT2D eigenvalue weighted by atomic mass is 9.94. The molecular formula is C26H33ClN4O3. The van der Waals surface area contributed by atoms with Gasteiger partial charge in [0.2, 0.25) is 5.91 Å². The van der Waals surface area contributed by atoms with E-state index in [0.717, 1.165) is 50.5 Å². The van der Waals surface area contributed by atoms with Gasteiger partial charge in [-0.05, 0) is 55.3 Å². The number of carbonyl (C=O) groups is 2. The SMILES string of the molecule is CN(C(=O)c1ccc(NCC(=O)Nc2ccc(N3CCOCC3)cc2)cc1Cl)C1CCCCC1. The van der Waals surface area contributed by atoms with Gasteiger partial charge in [0.05, 0.1) is 30.3 Å². The number of ether oxygens (including phenoxy) is 1. The Kier molecular flexibility index (Phi) is 8.29. The van der Waals surface area contributed by atoms with Gasteiger partial charge in [-0.15, -0.1) is 0 Å². The molecule has 2 amide bonds. The number of amides is 2. The molecule has 0 radical (unpaired) electrons. The minimum atomic E-state index is -0.160. The predicted octanol–water partition coefficient (Wildman–Crippen LogP) is 4.63. The third kappa shape index (κ3) is 6.21. The van der Waals surface area contributed by atoms with Crippen molar-refractivity contribution in [3.05, 3.63) is 53.1 Å². The number of halogens is 1. The molecule has 1 aliphatic heterocycles. The summed E-state index contributed by atoms with van der Waals surface area (Å²) in [7, 11) is 1.86. The minimum Gasteiger partial charge on any atom is -0.378 e. The summed E-state index contributed by atoms with van der Waals surface area (Å²) < 4.78 is 5.39. The van der Waals surface area contributed by atoms with Crippen molar-refractivity contribution in [1.29, 1.82) is 0 Å². The molecule has 1 aliphatic carbocycles. The maximum atomic E-state index is 12.9. The number of rotatable bonds is 7. The van der Waals surface area contributed by atoms with Crippen molar-refractivity contribution < 1.29 is 14.3 Å². The van der Waals surface area contributed by atoms with Gasteiger partial charge in [-0.2, -0.15) is 0 Å². The fourth-order valence-electron chi connectivity index (χ4n) is 4.59. The molecule has 4 rings (SSSR count). The van der Waals surface area contributed by atoms with Crippen LogP contribution in [0.25, 0.3) is 0 Å². The van der Waals surface area contributed by atoms with Gasteiger partial charge in [0.15, 0.2) is 0 Å². The van der Waals surface area contributed by atoms with Gasteiger partial charge in [-0.25, -0.2) is 0 Å². The Morgan fingerprint density at radius 2 is 1.71 bits per heavy atom. The molecular weight excluding hydrogens is 452 g/mol.